The van der Waals surface area contributed by atoms with Crippen LogP contribution in [0, 0.1) is 6.92 Å². The second kappa shape index (κ2) is 9.77. The SMILES string of the molecule is Cc1cccc(-c2noc(CN(C)S(=O)(=O)c3c(C(C)C)cc(C(C)C)cc3C(C)C)n2)c1. The maximum absolute atomic E-state index is 13.8. The van der Waals surface area contributed by atoms with Gasteiger partial charge in [0.25, 0.3) is 0 Å². The lowest BCUT2D eigenvalue weighted by molar-refractivity contribution is 0.336. The van der Waals surface area contributed by atoms with Gasteiger partial charge >= 0.3 is 0 Å². The third-order valence-electron chi connectivity index (χ3n) is 5.85. The topological polar surface area (TPSA) is 76.3 Å². The fourth-order valence-electron chi connectivity index (χ4n) is 3.84. The van der Waals surface area contributed by atoms with Crippen LogP contribution >= 0.6 is 0 Å². The number of benzene rings is 2. The van der Waals surface area contributed by atoms with Crippen molar-refractivity contribution in [3.63, 3.8) is 0 Å². The van der Waals surface area contributed by atoms with Gasteiger partial charge in [0, 0.05) is 12.6 Å². The summed E-state index contributed by atoms with van der Waals surface area (Å²) in [6.45, 7) is 14.4. The van der Waals surface area contributed by atoms with Gasteiger partial charge in [-0.25, -0.2) is 8.42 Å². The second-order valence-electron chi connectivity index (χ2n) is 9.63. The van der Waals surface area contributed by atoms with Crippen molar-refractivity contribution in [3.05, 3.63) is 64.5 Å². The van der Waals surface area contributed by atoms with Gasteiger partial charge in [0.05, 0.1) is 11.4 Å². The zero-order valence-electron chi connectivity index (χ0n) is 20.9. The number of aryl methyl sites for hydroxylation is 1. The molecule has 0 unspecified atom stereocenters. The summed E-state index contributed by atoms with van der Waals surface area (Å²) in [5.41, 5.74) is 4.78. The quantitative estimate of drug-likeness (QED) is 0.390. The molecule has 0 spiro atoms. The standard InChI is InChI=1S/C26H35N3O3S/c1-16(2)21-13-22(17(3)4)25(23(14-21)18(5)6)33(30,31)29(8)15-24-27-26(28-32-24)20-11-9-10-19(7)12-20/h9-14,16-18H,15H2,1-8H3. The minimum absolute atomic E-state index is 0.00213. The normalized spacial score (nSPS) is 12.5. The first kappa shape index (κ1) is 25.1. The number of rotatable bonds is 8. The first-order valence-corrected chi connectivity index (χ1v) is 12.9. The second-order valence-corrected chi connectivity index (χ2v) is 11.6. The molecule has 2 aromatic carbocycles. The van der Waals surface area contributed by atoms with Crippen molar-refractivity contribution in [1.82, 2.24) is 14.4 Å². The summed E-state index contributed by atoms with van der Waals surface area (Å²) in [4.78, 5) is 4.84. The van der Waals surface area contributed by atoms with Gasteiger partial charge in [-0.3, -0.25) is 0 Å². The van der Waals surface area contributed by atoms with Gasteiger partial charge < -0.3 is 4.52 Å². The van der Waals surface area contributed by atoms with Gasteiger partial charge in [-0.2, -0.15) is 9.29 Å². The molecule has 7 heteroatoms. The smallest absolute Gasteiger partial charge is 0.243 e. The van der Waals surface area contributed by atoms with E-state index in [-0.39, 0.29) is 24.3 Å². The first-order valence-electron chi connectivity index (χ1n) is 11.5. The Morgan fingerprint density at radius 3 is 2.06 bits per heavy atom. The van der Waals surface area contributed by atoms with Crippen molar-refractivity contribution in [3.8, 4) is 11.4 Å². The van der Waals surface area contributed by atoms with Crippen molar-refractivity contribution in [2.75, 3.05) is 7.05 Å². The van der Waals surface area contributed by atoms with Crippen molar-refractivity contribution in [2.24, 2.45) is 0 Å². The van der Waals surface area contributed by atoms with E-state index in [4.69, 9.17) is 4.52 Å². The van der Waals surface area contributed by atoms with E-state index in [0.717, 1.165) is 27.8 Å². The minimum Gasteiger partial charge on any atom is -0.338 e. The summed E-state index contributed by atoms with van der Waals surface area (Å²) in [5.74, 6) is 1.15. The molecular formula is C26H35N3O3S. The summed E-state index contributed by atoms with van der Waals surface area (Å²) >= 11 is 0. The lowest BCUT2D eigenvalue weighted by Crippen LogP contribution is -2.29. The van der Waals surface area contributed by atoms with E-state index in [1.165, 1.54) is 4.31 Å². The Morgan fingerprint density at radius 1 is 0.939 bits per heavy atom. The number of aromatic nitrogens is 2. The predicted molar refractivity (Wildman–Crippen MR) is 132 cm³/mol. The maximum atomic E-state index is 13.8. The van der Waals surface area contributed by atoms with Crippen LogP contribution in [0.3, 0.4) is 0 Å². The molecule has 3 rings (SSSR count). The molecule has 1 heterocycles. The van der Waals surface area contributed by atoms with Crippen LogP contribution in [0.4, 0.5) is 0 Å². The molecule has 0 aliphatic heterocycles. The Labute approximate surface area is 198 Å². The monoisotopic (exact) mass is 469 g/mol. The molecule has 0 saturated carbocycles. The Hall–Kier alpha value is -2.51. The molecule has 0 amide bonds. The van der Waals surface area contributed by atoms with Crippen LogP contribution in [0.15, 0.2) is 45.8 Å². The largest absolute Gasteiger partial charge is 0.338 e. The van der Waals surface area contributed by atoms with E-state index in [9.17, 15) is 8.42 Å². The van der Waals surface area contributed by atoms with Crippen LogP contribution in [0.2, 0.25) is 0 Å². The highest BCUT2D eigenvalue weighted by atomic mass is 32.2. The van der Waals surface area contributed by atoms with E-state index in [0.29, 0.717) is 16.6 Å². The zero-order valence-corrected chi connectivity index (χ0v) is 21.7. The highest BCUT2D eigenvalue weighted by molar-refractivity contribution is 7.89. The zero-order chi connectivity index (χ0) is 24.5. The van der Waals surface area contributed by atoms with E-state index in [1.54, 1.807) is 7.05 Å². The molecule has 178 valence electrons. The number of sulfonamides is 1. The van der Waals surface area contributed by atoms with Gasteiger partial charge in [0.1, 0.15) is 0 Å². The van der Waals surface area contributed by atoms with E-state index < -0.39 is 10.0 Å². The summed E-state index contributed by atoms with van der Waals surface area (Å²) < 4.78 is 34.4. The van der Waals surface area contributed by atoms with Crippen molar-refractivity contribution in [1.29, 1.82) is 0 Å². The molecule has 0 aliphatic carbocycles. The van der Waals surface area contributed by atoms with Crippen molar-refractivity contribution in [2.45, 2.75) is 77.7 Å². The fourth-order valence-corrected chi connectivity index (χ4v) is 5.62. The highest BCUT2D eigenvalue weighted by Crippen LogP contribution is 2.36. The third-order valence-corrected chi connectivity index (χ3v) is 7.79. The minimum atomic E-state index is -3.79. The fraction of sp³-hybridized carbons (Fsp3) is 0.462. The maximum Gasteiger partial charge on any atom is 0.243 e. The summed E-state index contributed by atoms with van der Waals surface area (Å²) in [7, 11) is -2.22. The van der Waals surface area contributed by atoms with Crippen LogP contribution < -0.4 is 0 Å². The van der Waals surface area contributed by atoms with Gasteiger partial charge in [0.2, 0.25) is 21.7 Å². The lowest BCUT2D eigenvalue weighted by atomic mass is 9.89. The number of nitrogens with zero attached hydrogens (tertiary/aromatic N) is 3. The Bertz CT molecular complexity index is 1200. The van der Waals surface area contributed by atoms with Crippen LogP contribution in [0.25, 0.3) is 11.4 Å². The average molecular weight is 470 g/mol. The number of hydrogen-bond acceptors (Lipinski definition) is 5. The average Bonchev–Trinajstić information content (AvgIpc) is 3.21. The molecular weight excluding hydrogens is 434 g/mol. The molecule has 6 nitrogen and oxygen atoms in total. The Morgan fingerprint density at radius 2 is 1.55 bits per heavy atom. The van der Waals surface area contributed by atoms with Crippen molar-refractivity contribution < 1.29 is 12.9 Å². The summed E-state index contributed by atoms with van der Waals surface area (Å²) in [6, 6.07) is 11.9. The van der Waals surface area contributed by atoms with Gasteiger partial charge in [-0.15, -0.1) is 0 Å². The molecule has 0 atom stereocenters. The van der Waals surface area contributed by atoms with Gasteiger partial charge in [-0.1, -0.05) is 82.6 Å². The van der Waals surface area contributed by atoms with Gasteiger partial charge in [0.15, 0.2) is 0 Å². The van der Waals surface area contributed by atoms with E-state index >= 15 is 0 Å². The van der Waals surface area contributed by atoms with Crippen LogP contribution in [0.1, 0.15) is 87.4 Å². The first-order chi connectivity index (χ1) is 15.4. The lowest BCUT2D eigenvalue weighted by Gasteiger charge is -2.25. The Kier molecular flexibility index (Phi) is 7.44. The van der Waals surface area contributed by atoms with Crippen molar-refractivity contribution >= 4 is 10.0 Å². The molecule has 0 N–H and O–H groups in total. The molecule has 33 heavy (non-hydrogen) atoms. The van der Waals surface area contributed by atoms with E-state index in [2.05, 4.69) is 24.0 Å². The molecule has 0 bridgehead atoms. The molecule has 3 aromatic rings. The summed E-state index contributed by atoms with van der Waals surface area (Å²) in [5, 5.41) is 4.05. The van der Waals surface area contributed by atoms with Gasteiger partial charge in [-0.05, 0) is 47.4 Å². The molecule has 1 aromatic heterocycles. The highest BCUT2D eigenvalue weighted by Gasteiger charge is 2.31. The van der Waals surface area contributed by atoms with Crippen LogP contribution in [-0.4, -0.2) is 29.9 Å². The molecule has 0 saturated heterocycles. The molecule has 0 aliphatic rings. The van der Waals surface area contributed by atoms with E-state index in [1.807, 2.05) is 71.0 Å². The third kappa shape index (κ3) is 5.36. The number of hydrogen-bond donors (Lipinski definition) is 0. The van der Waals surface area contributed by atoms with Crippen LogP contribution in [-0.2, 0) is 16.6 Å². The van der Waals surface area contributed by atoms with Crippen LogP contribution in [0.5, 0.6) is 0 Å². The summed E-state index contributed by atoms with van der Waals surface area (Å²) in [6.07, 6.45) is 0. The Balaban J connectivity index is 2.00. The molecule has 0 fully saturated rings. The molecule has 0 radical (unpaired) electrons. The predicted octanol–water partition coefficient (Wildman–Crippen LogP) is 6.24.